The van der Waals surface area contributed by atoms with E-state index in [1.54, 1.807) is 0 Å². The second-order valence-corrected chi connectivity index (χ2v) is 8.66. The van der Waals surface area contributed by atoms with Gasteiger partial charge in [0.05, 0.1) is 6.54 Å². The van der Waals surface area contributed by atoms with E-state index in [4.69, 9.17) is 9.84 Å². The van der Waals surface area contributed by atoms with Gasteiger partial charge in [-0.3, -0.25) is 9.69 Å². The van der Waals surface area contributed by atoms with Crippen LogP contribution >= 0.6 is 0 Å². The zero-order chi connectivity index (χ0) is 19.2. The van der Waals surface area contributed by atoms with Crippen molar-refractivity contribution in [2.24, 2.45) is 5.92 Å². The summed E-state index contributed by atoms with van der Waals surface area (Å²) in [7, 11) is 0. The number of amides is 1. The molecule has 0 spiro atoms. The molecule has 0 atom stereocenters. The van der Waals surface area contributed by atoms with E-state index >= 15 is 0 Å². The number of rotatable bonds is 6. The fraction of sp³-hybridized carbons (Fsp3) is 0.895. The van der Waals surface area contributed by atoms with Crippen LogP contribution in [0, 0.1) is 5.92 Å². The van der Waals surface area contributed by atoms with Crippen molar-refractivity contribution in [3.8, 4) is 0 Å². The zero-order valence-electron chi connectivity index (χ0n) is 16.5. The second kappa shape index (κ2) is 9.55. The minimum absolute atomic E-state index is 0.155. The van der Waals surface area contributed by atoms with Gasteiger partial charge in [-0.25, -0.2) is 4.79 Å². The highest BCUT2D eigenvalue weighted by molar-refractivity contribution is 5.69. The lowest BCUT2D eigenvalue weighted by atomic mass is 9.84. The SMILES string of the molecule is CC(C)(C)OC(=O)NC1CCC(CCN2CCN(CC(=O)O)CC2)CC1. The lowest BCUT2D eigenvalue weighted by Crippen LogP contribution is -2.48. The predicted molar refractivity (Wildman–Crippen MR) is 100 cm³/mol. The van der Waals surface area contributed by atoms with Gasteiger partial charge in [0.1, 0.15) is 5.60 Å². The molecule has 0 aromatic rings. The van der Waals surface area contributed by atoms with Crippen LogP contribution in [0.2, 0.25) is 0 Å². The Morgan fingerprint density at radius 3 is 2.15 bits per heavy atom. The van der Waals surface area contributed by atoms with Gasteiger partial charge in [0.25, 0.3) is 0 Å². The first-order valence-corrected chi connectivity index (χ1v) is 9.87. The number of aliphatic carboxylic acids is 1. The van der Waals surface area contributed by atoms with Gasteiger partial charge in [0, 0.05) is 32.2 Å². The van der Waals surface area contributed by atoms with Gasteiger partial charge in [0.2, 0.25) is 0 Å². The van der Waals surface area contributed by atoms with E-state index in [9.17, 15) is 9.59 Å². The molecule has 1 heterocycles. The monoisotopic (exact) mass is 369 g/mol. The Kier molecular flexibility index (Phi) is 7.70. The maximum absolute atomic E-state index is 11.9. The largest absolute Gasteiger partial charge is 0.480 e. The first-order valence-electron chi connectivity index (χ1n) is 9.87. The molecule has 1 aliphatic carbocycles. The van der Waals surface area contributed by atoms with Gasteiger partial charge in [-0.05, 0) is 65.3 Å². The van der Waals surface area contributed by atoms with Crippen LogP contribution in [0.1, 0.15) is 52.9 Å². The highest BCUT2D eigenvalue weighted by Gasteiger charge is 2.25. The van der Waals surface area contributed by atoms with Crippen molar-refractivity contribution < 1.29 is 19.4 Å². The van der Waals surface area contributed by atoms with Crippen LogP contribution in [0.4, 0.5) is 4.79 Å². The van der Waals surface area contributed by atoms with E-state index in [0.29, 0.717) is 0 Å². The Morgan fingerprint density at radius 1 is 1.04 bits per heavy atom. The minimum Gasteiger partial charge on any atom is -0.480 e. The zero-order valence-corrected chi connectivity index (χ0v) is 16.5. The van der Waals surface area contributed by atoms with Gasteiger partial charge in [-0.2, -0.15) is 0 Å². The number of piperazine rings is 1. The quantitative estimate of drug-likeness (QED) is 0.747. The normalized spacial score (nSPS) is 25.7. The van der Waals surface area contributed by atoms with Gasteiger partial charge in [-0.1, -0.05) is 0 Å². The molecule has 0 aromatic carbocycles. The molecule has 2 N–H and O–H groups in total. The van der Waals surface area contributed by atoms with E-state index in [2.05, 4.69) is 10.2 Å². The summed E-state index contributed by atoms with van der Waals surface area (Å²) in [5.41, 5.74) is -0.449. The number of alkyl carbamates (subject to hydrolysis) is 1. The summed E-state index contributed by atoms with van der Waals surface area (Å²) in [5, 5.41) is 11.8. The number of nitrogens with zero attached hydrogens (tertiary/aromatic N) is 2. The molecule has 0 bridgehead atoms. The summed E-state index contributed by atoms with van der Waals surface area (Å²) >= 11 is 0. The summed E-state index contributed by atoms with van der Waals surface area (Å²) in [6.07, 6.45) is 5.24. The highest BCUT2D eigenvalue weighted by Crippen LogP contribution is 2.27. The number of carbonyl (C=O) groups excluding carboxylic acids is 1. The lowest BCUT2D eigenvalue weighted by Gasteiger charge is -2.35. The van der Waals surface area contributed by atoms with Gasteiger partial charge in [-0.15, -0.1) is 0 Å². The Bertz CT molecular complexity index is 462. The molecule has 7 nitrogen and oxygen atoms in total. The average molecular weight is 370 g/mol. The van der Waals surface area contributed by atoms with E-state index in [1.807, 2.05) is 25.7 Å². The Morgan fingerprint density at radius 2 is 1.62 bits per heavy atom. The fourth-order valence-electron chi connectivity index (χ4n) is 3.80. The lowest BCUT2D eigenvalue weighted by molar-refractivity contribution is -0.138. The smallest absolute Gasteiger partial charge is 0.407 e. The summed E-state index contributed by atoms with van der Waals surface area (Å²) in [4.78, 5) is 27.1. The molecule has 0 aromatic heterocycles. The predicted octanol–water partition coefficient (Wildman–Crippen LogP) is 2.16. The average Bonchev–Trinajstić information content (AvgIpc) is 2.53. The van der Waals surface area contributed by atoms with Gasteiger partial charge in [0.15, 0.2) is 0 Å². The fourth-order valence-corrected chi connectivity index (χ4v) is 3.80. The van der Waals surface area contributed by atoms with E-state index in [1.165, 1.54) is 6.42 Å². The van der Waals surface area contributed by atoms with Crippen molar-refractivity contribution in [1.82, 2.24) is 15.1 Å². The molecule has 1 saturated heterocycles. The number of hydrogen-bond acceptors (Lipinski definition) is 5. The third-order valence-corrected chi connectivity index (χ3v) is 5.24. The minimum atomic E-state index is -0.741. The number of carboxylic acid groups (broad SMARTS) is 1. The summed E-state index contributed by atoms with van der Waals surface area (Å²) in [5.74, 6) is -0.0149. The molecular weight excluding hydrogens is 334 g/mol. The summed E-state index contributed by atoms with van der Waals surface area (Å²) in [6, 6.07) is 0.237. The van der Waals surface area contributed by atoms with Crippen molar-refractivity contribution in [3.63, 3.8) is 0 Å². The number of carboxylic acids is 1. The molecule has 2 rings (SSSR count). The van der Waals surface area contributed by atoms with Crippen LogP contribution < -0.4 is 5.32 Å². The number of ether oxygens (including phenoxy) is 1. The van der Waals surface area contributed by atoms with Crippen LogP contribution in [-0.2, 0) is 9.53 Å². The standard InChI is InChI=1S/C19H35N3O4/c1-19(2,3)26-18(25)20-16-6-4-15(5-7-16)8-9-21-10-12-22(13-11-21)14-17(23)24/h15-16H,4-14H2,1-3H3,(H,20,25)(H,23,24). The van der Waals surface area contributed by atoms with Crippen molar-refractivity contribution in [1.29, 1.82) is 0 Å². The molecule has 2 fully saturated rings. The summed E-state index contributed by atoms with van der Waals surface area (Å²) < 4.78 is 5.33. The van der Waals surface area contributed by atoms with E-state index in [-0.39, 0.29) is 18.7 Å². The third kappa shape index (κ3) is 7.91. The Labute approximate surface area is 157 Å². The van der Waals surface area contributed by atoms with Crippen LogP contribution in [0.5, 0.6) is 0 Å². The number of hydrogen-bond donors (Lipinski definition) is 2. The van der Waals surface area contributed by atoms with Crippen LogP contribution in [0.3, 0.4) is 0 Å². The molecule has 0 unspecified atom stereocenters. The van der Waals surface area contributed by atoms with Crippen molar-refractivity contribution in [2.45, 2.75) is 64.5 Å². The third-order valence-electron chi connectivity index (χ3n) is 5.24. The molecule has 1 saturated carbocycles. The Balaban J connectivity index is 1.58. The van der Waals surface area contributed by atoms with Crippen molar-refractivity contribution in [2.75, 3.05) is 39.3 Å². The maximum Gasteiger partial charge on any atom is 0.407 e. The second-order valence-electron chi connectivity index (χ2n) is 8.66. The van der Waals surface area contributed by atoms with Crippen molar-refractivity contribution in [3.05, 3.63) is 0 Å². The molecule has 7 heteroatoms. The molecule has 1 aliphatic heterocycles. The van der Waals surface area contributed by atoms with Crippen LogP contribution in [0.15, 0.2) is 0 Å². The molecular formula is C19H35N3O4. The number of carbonyl (C=O) groups is 2. The molecule has 26 heavy (non-hydrogen) atoms. The van der Waals surface area contributed by atoms with Gasteiger partial charge < -0.3 is 20.1 Å². The van der Waals surface area contributed by atoms with E-state index in [0.717, 1.165) is 64.3 Å². The number of nitrogens with one attached hydrogen (secondary N) is 1. The molecule has 1 amide bonds. The topological polar surface area (TPSA) is 82.1 Å². The molecule has 0 radical (unpaired) electrons. The van der Waals surface area contributed by atoms with Crippen LogP contribution in [-0.4, -0.2) is 77.9 Å². The van der Waals surface area contributed by atoms with Gasteiger partial charge >= 0.3 is 12.1 Å². The Hall–Kier alpha value is -1.34. The van der Waals surface area contributed by atoms with Crippen molar-refractivity contribution >= 4 is 12.1 Å². The van der Waals surface area contributed by atoms with Crippen LogP contribution in [0.25, 0.3) is 0 Å². The first kappa shape index (κ1) is 21.0. The maximum atomic E-state index is 11.9. The summed E-state index contributed by atoms with van der Waals surface area (Å²) in [6.45, 7) is 10.5. The first-order chi connectivity index (χ1) is 12.2. The molecule has 150 valence electrons. The van der Waals surface area contributed by atoms with E-state index < -0.39 is 11.6 Å². The molecule has 2 aliphatic rings. The highest BCUT2D eigenvalue weighted by atomic mass is 16.6.